The van der Waals surface area contributed by atoms with E-state index in [-0.39, 0.29) is 11.5 Å². The van der Waals surface area contributed by atoms with Crippen molar-refractivity contribution in [3.05, 3.63) is 69.3 Å². The molecule has 140 valence electrons. The molecule has 8 heteroatoms. The molecular formula is C19H21N5O3. The molecule has 27 heavy (non-hydrogen) atoms. The van der Waals surface area contributed by atoms with Gasteiger partial charge in [-0.05, 0) is 24.6 Å². The van der Waals surface area contributed by atoms with E-state index in [9.17, 15) is 14.4 Å². The van der Waals surface area contributed by atoms with Crippen LogP contribution in [-0.4, -0.2) is 31.1 Å². The van der Waals surface area contributed by atoms with Gasteiger partial charge >= 0.3 is 5.69 Å². The van der Waals surface area contributed by atoms with Crippen LogP contribution in [-0.2, 0) is 25.4 Å². The molecule has 0 atom stereocenters. The Morgan fingerprint density at radius 1 is 1.22 bits per heavy atom. The second kappa shape index (κ2) is 7.86. The smallest absolute Gasteiger partial charge is 0.330 e. The number of nitrogens with zero attached hydrogens (tertiary/aromatic N) is 4. The van der Waals surface area contributed by atoms with Gasteiger partial charge in [0.2, 0.25) is 5.91 Å². The number of hydrogen-bond acceptors (Lipinski definition) is 4. The van der Waals surface area contributed by atoms with Crippen LogP contribution in [0.2, 0.25) is 0 Å². The fourth-order valence-corrected chi connectivity index (χ4v) is 2.82. The molecule has 0 saturated carbocycles. The fourth-order valence-electron chi connectivity index (χ4n) is 2.82. The number of benzene rings is 1. The van der Waals surface area contributed by atoms with E-state index in [1.807, 2.05) is 28.8 Å². The van der Waals surface area contributed by atoms with E-state index in [1.54, 1.807) is 13.4 Å². The standard InChI is InChI=1S/C19H21N5O3/c1-22-12-14(18(26)23(2)19(22)27)8-9-17(25)20-10-5-11-24-13-21-15-6-3-4-7-16(15)24/h3-4,6-9,12-13H,5,10-11H2,1-2H3,(H,20,25)/b9-8+. The van der Waals surface area contributed by atoms with Gasteiger partial charge in [0.25, 0.3) is 5.56 Å². The molecule has 0 aliphatic heterocycles. The van der Waals surface area contributed by atoms with Crippen LogP contribution >= 0.6 is 0 Å². The molecule has 3 aromatic rings. The second-order valence-corrected chi connectivity index (χ2v) is 6.25. The first kappa shape index (κ1) is 18.4. The molecule has 3 rings (SSSR count). The zero-order chi connectivity index (χ0) is 19.4. The Hall–Kier alpha value is -3.42. The minimum absolute atomic E-state index is 0.277. The van der Waals surface area contributed by atoms with Crippen molar-refractivity contribution in [3.63, 3.8) is 0 Å². The van der Waals surface area contributed by atoms with Crippen molar-refractivity contribution in [1.82, 2.24) is 24.0 Å². The summed E-state index contributed by atoms with van der Waals surface area (Å²) >= 11 is 0. The predicted molar refractivity (Wildman–Crippen MR) is 103 cm³/mol. The van der Waals surface area contributed by atoms with Gasteiger partial charge in [-0.25, -0.2) is 9.78 Å². The lowest BCUT2D eigenvalue weighted by molar-refractivity contribution is -0.116. The maximum absolute atomic E-state index is 12.0. The molecule has 1 aromatic carbocycles. The lowest BCUT2D eigenvalue weighted by Crippen LogP contribution is -2.37. The largest absolute Gasteiger partial charge is 0.352 e. The summed E-state index contributed by atoms with van der Waals surface area (Å²) in [7, 11) is 2.96. The van der Waals surface area contributed by atoms with Crippen LogP contribution in [0.4, 0.5) is 0 Å². The average molecular weight is 367 g/mol. The quantitative estimate of drug-likeness (QED) is 0.512. The number of imidazole rings is 1. The highest BCUT2D eigenvalue weighted by Gasteiger charge is 2.05. The fraction of sp³-hybridized carbons (Fsp3) is 0.263. The van der Waals surface area contributed by atoms with Crippen LogP contribution in [0.1, 0.15) is 12.0 Å². The van der Waals surface area contributed by atoms with Crippen molar-refractivity contribution in [2.75, 3.05) is 6.54 Å². The number of aromatic nitrogens is 4. The van der Waals surface area contributed by atoms with Gasteiger partial charge in [-0.2, -0.15) is 0 Å². The Labute approximate surface area is 155 Å². The molecule has 1 N–H and O–H groups in total. The SMILES string of the molecule is Cn1cc(/C=C/C(=O)NCCCn2cnc3ccccc32)c(=O)n(C)c1=O. The first-order valence-corrected chi connectivity index (χ1v) is 8.60. The molecule has 2 heterocycles. The normalized spacial score (nSPS) is 11.3. The number of carbonyl (C=O) groups excluding carboxylic acids is 1. The third kappa shape index (κ3) is 4.05. The maximum Gasteiger partial charge on any atom is 0.330 e. The molecule has 0 bridgehead atoms. The summed E-state index contributed by atoms with van der Waals surface area (Å²) in [5.41, 5.74) is 1.44. The Bertz CT molecular complexity index is 1120. The van der Waals surface area contributed by atoms with Gasteiger partial charge in [0.05, 0.1) is 22.9 Å². The number of nitrogens with one attached hydrogen (secondary N) is 1. The van der Waals surface area contributed by atoms with Crippen molar-refractivity contribution in [1.29, 1.82) is 0 Å². The zero-order valence-electron chi connectivity index (χ0n) is 15.3. The van der Waals surface area contributed by atoms with Crippen LogP contribution in [0.15, 0.2) is 52.5 Å². The Kier molecular flexibility index (Phi) is 5.35. The van der Waals surface area contributed by atoms with E-state index < -0.39 is 11.2 Å². The highest BCUT2D eigenvalue weighted by molar-refractivity contribution is 5.91. The van der Waals surface area contributed by atoms with E-state index in [1.165, 1.54) is 30.0 Å². The van der Waals surface area contributed by atoms with E-state index in [4.69, 9.17) is 0 Å². The molecule has 0 saturated heterocycles. The van der Waals surface area contributed by atoms with Crippen LogP contribution < -0.4 is 16.6 Å². The Morgan fingerprint density at radius 3 is 2.81 bits per heavy atom. The van der Waals surface area contributed by atoms with E-state index >= 15 is 0 Å². The molecule has 0 fully saturated rings. The van der Waals surface area contributed by atoms with E-state index in [0.29, 0.717) is 6.54 Å². The predicted octanol–water partition coefficient (Wildman–Crippen LogP) is 0.653. The maximum atomic E-state index is 12.0. The molecule has 0 radical (unpaired) electrons. The molecule has 2 aromatic heterocycles. The van der Waals surface area contributed by atoms with Gasteiger partial charge < -0.3 is 14.5 Å². The lowest BCUT2D eigenvalue weighted by atomic mass is 10.3. The van der Waals surface area contributed by atoms with Crippen LogP contribution in [0.3, 0.4) is 0 Å². The summed E-state index contributed by atoms with van der Waals surface area (Å²) in [6, 6.07) is 7.89. The van der Waals surface area contributed by atoms with Crippen LogP contribution in [0.25, 0.3) is 17.1 Å². The number of carbonyl (C=O) groups is 1. The summed E-state index contributed by atoms with van der Waals surface area (Å²) in [5.74, 6) is -0.290. The molecule has 0 unspecified atom stereocenters. The molecule has 8 nitrogen and oxygen atoms in total. The van der Waals surface area contributed by atoms with Crippen LogP contribution in [0, 0.1) is 0 Å². The summed E-state index contributed by atoms with van der Waals surface area (Å²) in [5, 5.41) is 2.79. The minimum atomic E-state index is -0.436. The number of rotatable bonds is 6. The topological polar surface area (TPSA) is 90.9 Å². The van der Waals surface area contributed by atoms with E-state index in [2.05, 4.69) is 10.3 Å². The number of fused-ring (bicyclic) bond motifs is 1. The van der Waals surface area contributed by atoms with Crippen molar-refractivity contribution >= 4 is 23.0 Å². The number of hydrogen-bond donors (Lipinski definition) is 1. The lowest BCUT2D eigenvalue weighted by Gasteiger charge is -2.05. The van der Waals surface area contributed by atoms with Crippen molar-refractivity contribution in [3.8, 4) is 0 Å². The third-order valence-corrected chi connectivity index (χ3v) is 4.29. The van der Waals surface area contributed by atoms with Crippen molar-refractivity contribution < 1.29 is 4.79 Å². The number of para-hydroxylation sites is 2. The summed E-state index contributed by atoms with van der Waals surface area (Å²) < 4.78 is 4.35. The molecule has 0 aliphatic carbocycles. The monoisotopic (exact) mass is 367 g/mol. The first-order valence-electron chi connectivity index (χ1n) is 8.60. The summed E-state index contributed by atoms with van der Waals surface area (Å²) in [6.07, 6.45) is 6.68. The highest BCUT2D eigenvalue weighted by Crippen LogP contribution is 2.11. The highest BCUT2D eigenvalue weighted by atomic mass is 16.2. The van der Waals surface area contributed by atoms with Crippen molar-refractivity contribution in [2.24, 2.45) is 14.1 Å². The Balaban J connectivity index is 1.54. The minimum Gasteiger partial charge on any atom is -0.352 e. The van der Waals surface area contributed by atoms with Gasteiger partial charge in [-0.15, -0.1) is 0 Å². The first-order chi connectivity index (χ1) is 13.0. The molecule has 0 aliphatic rings. The third-order valence-electron chi connectivity index (χ3n) is 4.29. The zero-order valence-corrected chi connectivity index (χ0v) is 15.3. The van der Waals surface area contributed by atoms with Gasteiger partial charge in [0, 0.05) is 39.5 Å². The number of aryl methyl sites for hydroxylation is 2. The van der Waals surface area contributed by atoms with Gasteiger partial charge in [-0.1, -0.05) is 12.1 Å². The second-order valence-electron chi connectivity index (χ2n) is 6.25. The average Bonchev–Trinajstić information content (AvgIpc) is 3.08. The van der Waals surface area contributed by atoms with Gasteiger partial charge in [0.1, 0.15) is 0 Å². The molecule has 0 spiro atoms. The number of amides is 1. The summed E-state index contributed by atoms with van der Waals surface area (Å²) in [4.78, 5) is 39.9. The van der Waals surface area contributed by atoms with Gasteiger partial charge in [-0.3, -0.25) is 14.2 Å². The Morgan fingerprint density at radius 2 is 2.00 bits per heavy atom. The van der Waals surface area contributed by atoms with Gasteiger partial charge in [0.15, 0.2) is 0 Å². The summed E-state index contributed by atoms with van der Waals surface area (Å²) in [6.45, 7) is 1.24. The van der Waals surface area contributed by atoms with E-state index in [0.717, 1.165) is 28.6 Å². The molecular weight excluding hydrogens is 346 g/mol. The molecule has 1 amide bonds. The van der Waals surface area contributed by atoms with Crippen LogP contribution in [0.5, 0.6) is 0 Å². The van der Waals surface area contributed by atoms with Crippen molar-refractivity contribution in [2.45, 2.75) is 13.0 Å².